The fourth-order valence-corrected chi connectivity index (χ4v) is 4.62. The Bertz CT molecular complexity index is 732. The maximum absolute atomic E-state index is 12.0. The van der Waals surface area contributed by atoms with Crippen LogP contribution in [0.5, 0.6) is 0 Å². The number of halogens is 2. The molecule has 0 aliphatic carbocycles. The highest BCUT2D eigenvalue weighted by molar-refractivity contribution is 14.0. The fourth-order valence-electron chi connectivity index (χ4n) is 4.42. The number of nitrogens with one attached hydrogen (secondary N) is 1. The summed E-state index contributed by atoms with van der Waals surface area (Å²) in [5.41, 5.74) is 1.21. The monoisotopic (exact) mass is 576 g/mol. The van der Waals surface area contributed by atoms with Gasteiger partial charge in [0.1, 0.15) is 0 Å². The Morgan fingerprint density at radius 1 is 1.12 bits per heavy atom. The standard InChI is InChI=1S/C24H37ClN4O2.HI/c1-3-26-24(29-15-11-20(12-16-29)23(30)31-4-2)27-17-19-9-13-28(14-10-19)18-21-7-5-6-8-22(21)25;/h5-8,19-20H,3-4,9-18H2,1-2H3,(H,26,27);1H. The minimum absolute atomic E-state index is 0. The number of benzene rings is 1. The number of hydrogen-bond acceptors (Lipinski definition) is 4. The molecule has 0 unspecified atom stereocenters. The second-order valence-electron chi connectivity index (χ2n) is 8.52. The van der Waals surface area contributed by atoms with Crippen LogP contribution in [0.15, 0.2) is 29.3 Å². The predicted octanol–water partition coefficient (Wildman–Crippen LogP) is 4.41. The van der Waals surface area contributed by atoms with Crippen LogP contribution >= 0.6 is 35.6 Å². The molecule has 180 valence electrons. The van der Waals surface area contributed by atoms with Gasteiger partial charge in [0.05, 0.1) is 12.5 Å². The van der Waals surface area contributed by atoms with E-state index in [1.807, 2.05) is 19.1 Å². The normalized spacial score (nSPS) is 18.8. The van der Waals surface area contributed by atoms with Crippen molar-refractivity contribution >= 4 is 47.5 Å². The third-order valence-electron chi connectivity index (χ3n) is 6.31. The number of likely N-dealkylation sites (tertiary alicyclic amines) is 2. The van der Waals surface area contributed by atoms with E-state index in [4.69, 9.17) is 21.3 Å². The minimum atomic E-state index is -0.0485. The molecule has 6 nitrogen and oxygen atoms in total. The third-order valence-corrected chi connectivity index (χ3v) is 6.68. The fraction of sp³-hybridized carbons (Fsp3) is 0.667. The number of ether oxygens (including phenoxy) is 1. The van der Waals surface area contributed by atoms with Crippen LogP contribution in [-0.4, -0.2) is 67.6 Å². The van der Waals surface area contributed by atoms with Crippen LogP contribution in [0.4, 0.5) is 0 Å². The summed E-state index contributed by atoms with van der Waals surface area (Å²) >= 11 is 6.32. The van der Waals surface area contributed by atoms with Crippen molar-refractivity contribution in [3.8, 4) is 0 Å². The van der Waals surface area contributed by atoms with Gasteiger partial charge < -0.3 is 15.0 Å². The van der Waals surface area contributed by atoms with E-state index in [2.05, 4.69) is 34.2 Å². The van der Waals surface area contributed by atoms with Crippen molar-refractivity contribution in [2.24, 2.45) is 16.8 Å². The molecule has 1 aromatic rings. The molecule has 2 heterocycles. The van der Waals surface area contributed by atoms with Gasteiger partial charge in [-0.25, -0.2) is 0 Å². The molecule has 32 heavy (non-hydrogen) atoms. The van der Waals surface area contributed by atoms with Gasteiger partial charge in [0.15, 0.2) is 5.96 Å². The van der Waals surface area contributed by atoms with Gasteiger partial charge in [0, 0.05) is 37.7 Å². The maximum Gasteiger partial charge on any atom is 0.309 e. The van der Waals surface area contributed by atoms with Crippen molar-refractivity contribution in [1.29, 1.82) is 0 Å². The molecule has 2 aliphatic heterocycles. The number of nitrogens with zero attached hydrogens (tertiary/aromatic N) is 3. The van der Waals surface area contributed by atoms with Gasteiger partial charge in [-0.2, -0.15) is 0 Å². The summed E-state index contributed by atoms with van der Waals surface area (Å²) in [7, 11) is 0. The average molecular weight is 577 g/mol. The Hall–Kier alpha value is -1.06. The molecule has 8 heteroatoms. The predicted molar refractivity (Wildman–Crippen MR) is 142 cm³/mol. The highest BCUT2D eigenvalue weighted by atomic mass is 127. The van der Waals surface area contributed by atoms with E-state index in [1.165, 1.54) is 5.56 Å². The molecule has 1 N–H and O–H groups in total. The topological polar surface area (TPSA) is 57.2 Å². The van der Waals surface area contributed by atoms with Gasteiger partial charge in [-0.1, -0.05) is 29.8 Å². The van der Waals surface area contributed by atoms with Gasteiger partial charge >= 0.3 is 5.97 Å². The molecule has 0 bridgehead atoms. The second kappa shape index (κ2) is 14.3. The van der Waals surface area contributed by atoms with Crippen LogP contribution in [0.1, 0.15) is 45.1 Å². The molecule has 0 amide bonds. The molecule has 0 atom stereocenters. The zero-order valence-electron chi connectivity index (χ0n) is 19.4. The summed E-state index contributed by atoms with van der Waals surface area (Å²) in [6, 6.07) is 8.13. The summed E-state index contributed by atoms with van der Waals surface area (Å²) in [4.78, 5) is 21.8. The van der Waals surface area contributed by atoms with Crippen LogP contribution in [-0.2, 0) is 16.1 Å². The summed E-state index contributed by atoms with van der Waals surface area (Å²) in [5, 5.41) is 4.30. The van der Waals surface area contributed by atoms with E-state index >= 15 is 0 Å². The van der Waals surface area contributed by atoms with E-state index in [0.29, 0.717) is 12.5 Å². The summed E-state index contributed by atoms with van der Waals surface area (Å²) < 4.78 is 5.19. The quantitative estimate of drug-likeness (QED) is 0.226. The lowest BCUT2D eigenvalue weighted by atomic mass is 9.96. The van der Waals surface area contributed by atoms with Crippen molar-refractivity contribution in [2.75, 3.05) is 45.9 Å². The number of guanidine groups is 1. The number of carbonyl (C=O) groups is 1. The number of esters is 1. The van der Waals surface area contributed by atoms with Crippen LogP contribution in [0.2, 0.25) is 5.02 Å². The van der Waals surface area contributed by atoms with E-state index < -0.39 is 0 Å². The van der Waals surface area contributed by atoms with E-state index in [9.17, 15) is 4.79 Å². The molecular weight excluding hydrogens is 539 g/mol. The lowest BCUT2D eigenvalue weighted by Gasteiger charge is -2.34. The van der Waals surface area contributed by atoms with Crippen LogP contribution in [0.3, 0.4) is 0 Å². The van der Waals surface area contributed by atoms with Gasteiger partial charge in [0.2, 0.25) is 0 Å². The zero-order chi connectivity index (χ0) is 22.1. The highest BCUT2D eigenvalue weighted by Crippen LogP contribution is 2.23. The summed E-state index contributed by atoms with van der Waals surface area (Å²) in [6.07, 6.45) is 4.00. The van der Waals surface area contributed by atoms with Crippen molar-refractivity contribution in [2.45, 2.75) is 46.1 Å². The lowest BCUT2D eigenvalue weighted by Crippen LogP contribution is -2.47. The number of piperidine rings is 2. The first-order valence-electron chi connectivity index (χ1n) is 11.8. The number of rotatable bonds is 7. The van der Waals surface area contributed by atoms with Crippen molar-refractivity contribution in [3.63, 3.8) is 0 Å². The number of aliphatic imine (C=N–C) groups is 1. The van der Waals surface area contributed by atoms with Gasteiger partial charge in [-0.15, -0.1) is 24.0 Å². The first-order valence-corrected chi connectivity index (χ1v) is 12.1. The molecule has 0 spiro atoms. The van der Waals surface area contributed by atoms with Gasteiger partial charge in [-0.05, 0) is 70.2 Å². The van der Waals surface area contributed by atoms with Crippen LogP contribution < -0.4 is 5.32 Å². The molecule has 2 aliphatic rings. The van der Waals surface area contributed by atoms with Crippen LogP contribution in [0, 0.1) is 11.8 Å². The number of carbonyl (C=O) groups excluding carboxylic acids is 1. The van der Waals surface area contributed by atoms with Gasteiger partial charge in [-0.3, -0.25) is 14.7 Å². The first-order chi connectivity index (χ1) is 15.1. The highest BCUT2D eigenvalue weighted by Gasteiger charge is 2.27. The van der Waals surface area contributed by atoms with Crippen molar-refractivity contribution < 1.29 is 9.53 Å². The molecule has 1 aromatic carbocycles. The van der Waals surface area contributed by atoms with Crippen molar-refractivity contribution in [3.05, 3.63) is 34.9 Å². The Kier molecular flexibility index (Phi) is 12.1. The Morgan fingerprint density at radius 3 is 2.44 bits per heavy atom. The summed E-state index contributed by atoms with van der Waals surface area (Å²) in [6.45, 7) is 11.0. The largest absolute Gasteiger partial charge is 0.466 e. The molecule has 0 radical (unpaired) electrons. The van der Waals surface area contributed by atoms with Crippen molar-refractivity contribution in [1.82, 2.24) is 15.1 Å². The molecule has 2 fully saturated rings. The molecule has 0 aromatic heterocycles. The molecule has 0 saturated carbocycles. The van der Waals surface area contributed by atoms with Gasteiger partial charge in [0.25, 0.3) is 0 Å². The molecular formula is C24H38ClIN4O2. The number of hydrogen-bond donors (Lipinski definition) is 1. The lowest BCUT2D eigenvalue weighted by molar-refractivity contribution is -0.149. The smallest absolute Gasteiger partial charge is 0.309 e. The second-order valence-corrected chi connectivity index (χ2v) is 8.93. The maximum atomic E-state index is 12.0. The Labute approximate surface area is 215 Å². The van der Waals surface area contributed by atoms with E-state index in [1.54, 1.807) is 0 Å². The summed E-state index contributed by atoms with van der Waals surface area (Å²) in [5.74, 6) is 1.59. The SMILES string of the molecule is CCNC(=NCC1CCN(Cc2ccccc2Cl)CC1)N1CCC(C(=O)OCC)CC1.I. The Morgan fingerprint density at radius 2 is 1.81 bits per heavy atom. The zero-order valence-corrected chi connectivity index (χ0v) is 22.5. The minimum Gasteiger partial charge on any atom is -0.466 e. The van der Waals surface area contributed by atoms with Crippen LogP contribution in [0.25, 0.3) is 0 Å². The molecule has 2 saturated heterocycles. The Balaban J connectivity index is 0.00000363. The van der Waals surface area contributed by atoms with E-state index in [-0.39, 0.29) is 35.9 Å². The molecule has 3 rings (SSSR count). The third kappa shape index (κ3) is 8.06. The average Bonchev–Trinajstić information content (AvgIpc) is 2.79. The van der Waals surface area contributed by atoms with E-state index in [0.717, 1.165) is 82.5 Å². The first kappa shape index (κ1) is 27.2.